The second kappa shape index (κ2) is 10.1. The van der Waals surface area contributed by atoms with E-state index in [1.54, 1.807) is 57.4 Å². The normalized spacial score (nSPS) is 11.9. The smallest absolute Gasteiger partial charge is 0.270 e. The van der Waals surface area contributed by atoms with Crippen LogP contribution in [0.15, 0.2) is 80.3 Å². The maximum atomic E-state index is 12.1. The van der Waals surface area contributed by atoms with Gasteiger partial charge >= 0.3 is 0 Å². The van der Waals surface area contributed by atoms with Gasteiger partial charge in [-0.05, 0) is 55.9 Å². The number of benzene rings is 2. The number of carbonyl (C=O) groups excluding carboxylic acids is 1. The number of aliphatic imine (C=N–C) groups is 3. The van der Waals surface area contributed by atoms with Gasteiger partial charge in [0.05, 0.1) is 11.3 Å². The van der Waals surface area contributed by atoms with Crippen LogP contribution in [0, 0.1) is 0 Å². The van der Waals surface area contributed by atoms with Crippen molar-refractivity contribution in [3.63, 3.8) is 0 Å². The van der Waals surface area contributed by atoms with E-state index in [-0.39, 0.29) is 29.2 Å². The minimum Gasteiger partial charge on any atom is -0.414 e. The highest BCUT2D eigenvalue weighted by molar-refractivity contribution is 6.02. The predicted molar refractivity (Wildman–Crippen MR) is 130 cm³/mol. The molecule has 0 atom stereocenters. The number of para-hydroxylation sites is 1. The lowest BCUT2D eigenvalue weighted by Crippen LogP contribution is -2.21. The molecule has 9 nitrogen and oxygen atoms in total. The number of nitrogens with zero attached hydrogens (tertiary/aromatic N) is 6. The summed E-state index contributed by atoms with van der Waals surface area (Å²) in [5, 5.41) is 8.20. The van der Waals surface area contributed by atoms with E-state index in [4.69, 9.17) is 10.2 Å². The van der Waals surface area contributed by atoms with Crippen LogP contribution in [-0.4, -0.2) is 53.4 Å². The van der Waals surface area contributed by atoms with Crippen LogP contribution in [0.5, 0.6) is 0 Å². The molecule has 0 fully saturated rings. The maximum absolute atomic E-state index is 12.1. The minimum atomic E-state index is -0.0868. The molecular weight excluding hydrogens is 418 g/mol. The molecule has 2 N–H and O–H groups in total. The molecule has 0 radical (unpaired) electrons. The molecule has 3 rings (SSSR count). The van der Waals surface area contributed by atoms with E-state index in [1.807, 2.05) is 12.1 Å². The zero-order valence-electron chi connectivity index (χ0n) is 18.6. The summed E-state index contributed by atoms with van der Waals surface area (Å²) < 4.78 is 5.84. The third-order valence-corrected chi connectivity index (χ3v) is 4.61. The number of amides is 1. The van der Waals surface area contributed by atoms with Crippen molar-refractivity contribution in [3.05, 3.63) is 77.9 Å². The van der Waals surface area contributed by atoms with Gasteiger partial charge < -0.3 is 15.1 Å². The third kappa shape index (κ3) is 5.17. The lowest BCUT2D eigenvalue weighted by molar-refractivity contribution is 0.0827. The van der Waals surface area contributed by atoms with Crippen molar-refractivity contribution in [1.29, 1.82) is 0 Å². The Morgan fingerprint density at radius 3 is 2.39 bits per heavy atom. The fraction of sp³-hybridized carbons (Fsp3) is 0.125. The molecule has 0 bridgehead atoms. The molecule has 33 heavy (non-hydrogen) atoms. The minimum absolute atomic E-state index is 0.0290. The molecule has 0 spiro atoms. The summed E-state index contributed by atoms with van der Waals surface area (Å²) in [7, 11) is 3.40. The third-order valence-electron chi connectivity index (χ3n) is 4.61. The van der Waals surface area contributed by atoms with Crippen molar-refractivity contribution < 1.29 is 9.21 Å². The van der Waals surface area contributed by atoms with Crippen molar-refractivity contribution in [3.8, 4) is 11.5 Å². The van der Waals surface area contributed by atoms with Gasteiger partial charge in [0, 0.05) is 25.4 Å². The molecule has 3 aromatic rings. The second-order valence-electron chi connectivity index (χ2n) is 7.07. The fourth-order valence-corrected chi connectivity index (χ4v) is 2.90. The lowest BCUT2D eigenvalue weighted by atomic mass is 10.1. The first-order valence-corrected chi connectivity index (χ1v) is 9.85. The molecule has 1 heterocycles. The molecule has 166 valence electrons. The van der Waals surface area contributed by atoms with Gasteiger partial charge in [-0.3, -0.25) is 4.79 Å². The van der Waals surface area contributed by atoms with Crippen LogP contribution in [0.3, 0.4) is 0 Å². The predicted octanol–water partition coefficient (Wildman–Crippen LogP) is 3.72. The Hall–Kier alpha value is -4.62. The Bertz CT molecular complexity index is 1290. The quantitative estimate of drug-likeness (QED) is 0.560. The summed E-state index contributed by atoms with van der Waals surface area (Å²) in [5.41, 5.74) is 9.36. The molecule has 0 saturated heterocycles. The highest BCUT2D eigenvalue weighted by Gasteiger charge is 2.18. The summed E-state index contributed by atoms with van der Waals surface area (Å²) >= 11 is 0. The standard InChI is InChI=1S/C24H23N7O2/c1-6-27-19-10-8-7-9-18(19)22-29-30-23(33-22)20(21(25)26-3)28-15(2)16-11-13-17(14-12-16)24(32)31(4)5/h7-14H,1,3,25H2,2,4-5H3/b21-20-,28-15+. The highest BCUT2D eigenvalue weighted by atomic mass is 16.4. The summed E-state index contributed by atoms with van der Waals surface area (Å²) in [6.45, 7) is 8.77. The first-order valence-electron chi connectivity index (χ1n) is 9.85. The summed E-state index contributed by atoms with van der Waals surface area (Å²) in [6.07, 6.45) is 0. The monoisotopic (exact) mass is 441 g/mol. The number of nitrogens with two attached hydrogens (primary N) is 1. The summed E-state index contributed by atoms with van der Waals surface area (Å²) in [5.74, 6) is 2.75. The van der Waals surface area contributed by atoms with Crippen molar-refractivity contribution in [2.45, 2.75) is 6.92 Å². The Kier molecular flexibility index (Phi) is 7.07. The Labute approximate surface area is 191 Å². The zero-order chi connectivity index (χ0) is 24.0. The number of carbonyl (C=O) groups is 1. The van der Waals surface area contributed by atoms with Crippen LogP contribution in [-0.2, 0) is 0 Å². The fourth-order valence-electron chi connectivity index (χ4n) is 2.90. The number of aromatic nitrogens is 2. The van der Waals surface area contributed by atoms with Crippen molar-refractivity contribution in [1.82, 2.24) is 15.1 Å². The zero-order valence-corrected chi connectivity index (χ0v) is 18.6. The van der Waals surface area contributed by atoms with Crippen LogP contribution in [0.2, 0.25) is 0 Å². The van der Waals surface area contributed by atoms with Crippen LogP contribution in [0.25, 0.3) is 17.2 Å². The van der Waals surface area contributed by atoms with Gasteiger partial charge in [0.2, 0.25) is 5.89 Å². The van der Waals surface area contributed by atoms with Gasteiger partial charge in [-0.1, -0.05) is 24.3 Å². The molecule has 1 amide bonds. The summed E-state index contributed by atoms with van der Waals surface area (Å²) in [6, 6.07) is 14.3. The Morgan fingerprint density at radius 1 is 1.09 bits per heavy atom. The van der Waals surface area contributed by atoms with E-state index in [0.717, 1.165) is 5.56 Å². The number of hydrogen-bond donors (Lipinski definition) is 1. The van der Waals surface area contributed by atoms with Crippen LogP contribution < -0.4 is 5.73 Å². The molecule has 0 aliphatic heterocycles. The van der Waals surface area contributed by atoms with E-state index >= 15 is 0 Å². The average molecular weight is 441 g/mol. The topological polar surface area (TPSA) is 122 Å². The number of hydrogen-bond acceptors (Lipinski definition) is 8. The highest BCUT2D eigenvalue weighted by Crippen LogP contribution is 2.30. The largest absolute Gasteiger partial charge is 0.414 e. The van der Waals surface area contributed by atoms with Crippen LogP contribution in [0.1, 0.15) is 28.7 Å². The Balaban J connectivity index is 1.99. The molecular formula is C24H23N7O2. The van der Waals surface area contributed by atoms with E-state index < -0.39 is 0 Å². The van der Waals surface area contributed by atoms with E-state index in [1.165, 1.54) is 4.90 Å². The maximum Gasteiger partial charge on any atom is 0.270 e. The molecule has 0 aliphatic carbocycles. The molecule has 0 unspecified atom stereocenters. The molecule has 0 saturated carbocycles. The van der Waals surface area contributed by atoms with E-state index in [9.17, 15) is 4.79 Å². The molecule has 0 aliphatic rings. The van der Waals surface area contributed by atoms with E-state index in [0.29, 0.717) is 22.5 Å². The van der Waals surface area contributed by atoms with Crippen molar-refractivity contribution in [2.24, 2.45) is 20.7 Å². The SMILES string of the molecule is C=C=Nc1ccccc1-c1nnc(C(/N=C(\C)c2ccc(C(=O)N(C)C)cc2)=C(\N)N=C)o1. The van der Waals surface area contributed by atoms with Gasteiger partial charge in [-0.25, -0.2) is 15.0 Å². The van der Waals surface area contributed by atoms with E-state index in [2.05, 4.69) is 44.3 Å². The van der Waals surface area contributed by atoms with Crippen molar-refractivity contribution >= 4 is 35.6 Å². The van der Waals surface area contributed by atoms with Gasteiger partial charge in [-0.2, -0.15) is 0 Å². The first kappa shape index (κ1) is 23.1. The second-order valence-corrected chi connectivity index (χ2v) is 7.07. The van der Waals surface area contributed by atoms with Crippen LogP contribution >= 0.6 is 0 Å². The average Bonchev–Trinajstić information content (AvgIpc) is 3.31. The molecule has 9 heteroatoms. The van der Waals surface area contributed by atoms with Gasteiger partial charge in [-0.15, -0.1) is 10.2 Å². The number of rotatable bonds is 7. The van der Waals surface area contributed by atoms with Gasteiger partial charge in [0.25, 0.3) is 11.8 Å². The van der Waals surface area contributed by atoms with Gasteiger partial charge in [0.1, 0.15) is 0 Å². The van der Waals surface area contributed by atoms with Gasteiger partial charge in [0.15, 0.2) is 11.5 Å². The lowest BCUT2D eigenvalue weighted by Gasteiger charge is -2.10. The van der Waals surface area contributed by atoms with Crippen LogP contribution in [0.4, 0.5) is 5.69 Å². The molecule has 1 aromatic heterocycles. The molecule has 2 aromatic carbocycles. The first-order chi connectivity index (χ1) is 15.8. The summed E-state index contributed by atoms with van der Waals surface area (Å²) in [4.78, 5) is 26.1. The van der Waals surface area contributed by atoms with Crippen molar-refractivity contribution in [2.75, 3.05) is 14.1 Å². The Morgan fingerprint density at radius 2 is 1.76 bits per heavy atom.